The fourth-order valence-electron chi connectivity index (χ4n) is 1.39. The van der Waals surface area contributed by atoms with Crippen molar-refractivity contribution in [3.05, 3.63) is 25.0 Å². The third-order valence-corrected chi connectivity index (χ3v) is 2.18. The molecule has 0 fully saturated rings. The van der Waals surface area contributed by atoms with Gasteiger partial charge in [-0.25, -0.2) is 15.0 Å². The Hall–Kier alpha value is -2.77. The lowest BCUT2D eigenvalue weighted by Crippen LogP contribution is -2.14. The first-order valence-corrected chi connectivity index (χ1v) is 4.86. The maximum Gasteiger partial charge on any atom is 0.235 e. The Labute approximate surface area is 101 Å². The van der Waals surface area contributed by atoms with E-state index in [-0.39, 0.29) is 11.6 Å². The van der Waals surface area contributed by atoms with Crippen molar-refractivity contribution in [2.75, 3.05) is 5.73 Å². The molecule has 0 radical (unpaired) electrons. The second-order valence-electron chi connectivity index (χ2n) is 3.31. The van der Waals surface area contributed by atoms with Gasteiger partial charge in [0.2, 0.25) is 6.23 Å². The molecule has 0 spiro atoms. The Morgan fingerprint density at radius 3 is 2.89 bits per heavy atom. The number of imidazole rings is 1. The second kappa shape index (κ2) is 4.62. The van der Waals surface area contributed by atoms with Crippen LogP contribution in [-0.2, 0) is 14.3 Å². The Morgan fingerprint density at radius 1 is 1.44 bits per heavy atom. The number of nitrogen functional groups attached to an aromatic ring is 1. The van der Waals surface area contributed by atoms with Gasteiger partial charge in [-0.1, -0.05) is 6.58 Å². The van der Waals surface area contributed by atoms with E-state index in [0.29, 0.717) is 23.7 Å². The number of nitrogens with zero attached hydrogens (tertiary/aromatic N) is 4. The van der Waals surface area contributed by atoms with Gasteiger partial charge in [-0.2, -0.15) is 0 Å². The summed E-state index contributed by atoms with van der Waals surface area (Å²) in [6.07, 6.45) is 2.38. The molecule has 2 aromatic heterocycles. The first kappa shape index (κ1) is 11.7. The number of fused-ring (bicyclic) bond motifs is 1. The lowest BCUT2D eigenvalue weighted by Gasteiger charge is -2.13. The van der Waals surface area contributed by atoms with Crippen LogP contribution < -0.4 is 5.73 Å². The first-order chi connectivity index (χ1) is 8.67. The van der Waals surface area contributed by atoms with E-state index < -0.39 is 6.23 Å². The van der Waals surface area contributed by atoms with Crippen LogP contribution in [0, 0.1) is 0 Å². The molecule has 8 nitrogen and oxygen atoms in total. The van der Waals surface area contributed by atoms with Crippen LogP contribution in [0.3, 0.4) is 0 Å². The molecule has 0 unspecified atom stereocenters. The number of nitrogens with two attached hydrogens (primary N) is 1. The van der Waals surface area contributed by atoms with Crippen LogP contribution in [0.25, 0.3) is 11.2 Å². The van der Waals surface area contributed by atoms with Crippen LogP contribution in [0.1, 0.15) is 6.23 Å². The number of rotatable bonds is 5. The highest BCUT2D eigenvalue weighted by atomic mass is 16.5. The second-order valence-corrected chi connectivity index (χ2v) is 3.31. The number of allylic oxidation sites excluding steroid dienone is 1. The van der Waals surface area contributed by atoms with Gasteiger partial charge in [0.25, 0.3) is 0 Å². The summed E-state index contributed by atoms with van der Waals surface area (Å²) in [5.74, 6) is 0.0218. The highest BCUT2D eigenvalue weighted by molar-refractivity contribution is 5.82. The van der Waals surface area contributed by atoms with E-state index in [2.05, 4.69) is 21.5 Å². The number of anilines is 1. The number of aromatic nitrogens is 4. The molecule has 0 aliphatic carbocycles. The van der Waals surface area contributed by atoms with Crippen molar-refractivity contribution >= 4 is 29.6 Å². The van der Waals surface area contributed by atoms with E-state index in [1.165, 1.54) is 17.2 Å². The SMILES string of the molecule is C=C(C=O)O[C@H](C=O)n1cnc2c(N)ncnc21. The predicted octanol–water partition coefficient (Wildman–Crippen LogP) is -0.165. The molecular weight excluding hydrogens is 238 g/mol. The molecule has 92 valence electrons. The summed E-state index contributed by atoms with van der Waals surface area (Å²) in [6.45, 7) is 3.33. The van der Waals surface area contributed by atoms with Crippen molar-refractivity contribution < 1.29 is 14.3 Å². The van der Waals surface area contributed by atoms with Crippen molar-refractivity contribution in [1.82, 2.24) is 19.5 Å². The molecule has 2 aromatic rings. The number of hydrogen-bond donors (Lipinski definition) is 1. The molecule has 18 heavy (non-hydrogen) atoms. The van der Waals surface area contributed by atoms with Crippen molar-refractivity contribution in [2.45, 2.75) is 6.23 Å². The number of carbonyl (C=O) groups excluding carboxylic acids is 2. The highest BCUT2D eigenvalue weighted by Gasteiger charge is 2.17. The van der Waals surface area contributed by atoms with Crippen LogP contribution >= 0.6 is 0 Å². The van der Waals surface area contributed by atoms with Gasteiger partial charge in [-0.15, -0.1) is 0 Å². The third kappa shape index (κ3) is 1.90. The van der Waals surface area contributed by atoms with E-state index in [4.69, 9.17) is 10.5 Å². The van der Waals surface area contributed by atoms with Crippen LogP contribution in [0.4, 0.5) is 5.82 Å². The molecule has 0 aliphatic rings. The average molecular weight is 247 g/mol. The van der Waals surface area contributed by atoms with Crippen LogP contribution in [0.5, 0.6) is 0 Å². The minimum atomic E-state index is -1.08. The number of carbonyl (C=O) groups is 2. The summed E-state index contributed by atoms with van der Waals surface area (Å²) < 4.78 is 6.36. The average Bonchev–Trinajstić information content (AvgIpc) is 2.81. The fraction of sp³-hybridized carbons (Fsp3) is 0.100. The fourth-order valence-corrected chi connectivity index (χ4v) is 1.39. The molecule has 1 atom stereocenters. The monoisotopic (exact) mass is 247 g/mol. The van der Waals surface area contributed by atoms with Gasteiger partial charge in [-0.3, -0.25) is 14.2 Å². The van der Waals surface area contributed by atoms with Crippen LogP contribution in [-0.4, -0.2) is 32.1 Å². The van der Waals surface area contributed by atoms with Crippen molar-refractivity contribution in [1.29, 1.82) is 0 Å². The summed E-state index contributed by atoms with van der Waals surface area (Å²) in [7, 11) is 0. The van der Waals surface area contributed by atoms with Gasteiger partial charge in [0, 0.05) is 0 Å². The van der Waals surface area contributed by atoms with Gasteiger partial charge in [0.15, 0.2) is 29.8 Å². The Bertz CT molecular complexity index is 621. The maximum absolute atomic E-state index is 11.0. The van der Waals surface area contributed by atoms with E-state index in [0.717, 1.165) is 0 Å². The normalized spacial score (nSPS) is 12.0. The molecule has 0 saturated carbocycles. The first-order valence-electron chi connectivity index (χ1n) is 4.86. The van der Waals surface area contributed by atoms with Crippen LogP contribution in [0.2, 0.25) is 0 Å². The van der Waals surface area contributed by atoms with Gasteiger partial charge >= 0.3 is 0 Å². The summed E-state index contributed by atoms with van der Waals surface area (Å²) in [6, 6.07) is 0. The molecule has 0 aromatic carbocycles. The Kier molecular flexibility index (Phi) is 3.00. The maximum atomic E-state index is 11.0. The molecule has 0 aliphatic heterocycles. The zero-order valence-corrected chi connectivity index (χ0v) is 9.18. The molecule has 0 bridgehead atoms. The predicted molar refractivity (Wildman–Crippen MR) is 61.1 cm³/mol. The number of ether oxygens (including phenoxy) is 1. The molecule has 0 saturated heterocycles. The van der Waals surface area contributed by atoms with Crippen LogP contribution in [0.15, 0.2) is 25.0 Å². The summed E-state index contributed by atoms with van der Waals surface area (Å²) in [4.78, 5) is 33.1. The minimum absolute atomic E-state index is 0.170. The van der Waals surface area contributed by atoms with E-state index in [1.54, 1.807) is 0 Å². The molecule has 2 N–H and O–H groups in total. The number of aldehydes is 2. The largest absolute Gasteiger partial charge is 0.460 e. The Balaban J connectivity index is 2.46. The lowest BCUT2D eigenvalue weighted by molar-refractivity contribution is -0.122. The summed E-state index contributed by atoms with van der Waals surface area (Å²) >= 11 is 0. The highest BCUT2D eigenvalue weighted by Crippen LogP contribution is 2.19. The zero-order valence-electron chi connectivity index (χ0n) is 9.18. The Morgan fingerprint density at radius 2 is 2.22 bits per heavy atom. The minimum Gasteiger partial charge on any atom is -0.460 e. The van der Waals surface area contributed by atoms with Gasteiger partial charge < -0.3 is 10.5 Å². The lowest BCUT2D eigenvalue weighted by atomic mass is 10.5. The van der Waals surface area contributed by atoms with Gasteiger partial charge in [0.05, 0.1) is 0 Å². The van der Waals surface area contributed by atoms with Crippen molar-refractivity contribution in [3.63, 3.8) is 0 Å². The van der Waals surface area contributed by atoms with Gasteiger partial charge in [0.1, 0.15) is 18.2 Å². The van der Waals surface area contributed by atoms with Crippen molar-refractivity contribution in [2.24, 2.45) is 0 Å². The third-order valence-electron chi connectivity index (χ3n) is 2.18. The smallest absolute Gasteiger partial charge is 0.235 e. The van der Waals surface area contributed by atoms with E-state index in [1.807, 2.05) is 0 Å². The standard InChI is InChI=1S/C10H9N5O3/c1-6(2-16)18-7(3-17)15-5-14-8-9(11)12-4-13-10(8)15/h2-5,7H,1H2,(H2,11,12,13)/t7-/m1/s1. The zero-order chi connectivity index (χ0) is 13.1. The molecule has 8 heteroatoms. The topological polar surface area (TPSA) is 113 Å². The van der Waals surface area contributed by atoms with E-state index >= 15 is 0 Å². The molecule has 0 amide bonds. The summed E-state index contributed by atoms with van der Waals surface area (Å²) in [5, 5.41) is 0. The van der Waals surface area contributed by atoms with Crippen molar-refractivity contribution in [3.8, 4) is 0 Å². The quantitative estimate of drug-likeness (QED) is 0.443. The van der Waals surface area contributed by atoms with E-state index in [9.17, 15) is 9.59 Å². The molecule has 2 heterocycles. The molecule has 2 rings (SSSR count). The molecular formula is C10H9N5O3. The number of hydrogen-bond acceptors (Lipinski definition) is 7. The van der Waals surface area contributed by atoms with Gasteiger partial charge in [-0.05, 0) is 0 Å². The summed E-state index contributed by atoms with van der Waals surface area (Å²) in [5.41, 5.74) is 6.29.